The number of carboxylic acid groups (broad SMARTS) is 1. The largest absolute Gasteiger partial charge is 0.507 e. The molecule has 0 radical (unpaired) electrons. The lowest BCUT2D eigenvalue weighted by atomic mass is 9.62. The lowest BCUT2D eigenvalue weighted by molar-refractivity contribution is 0.0693. The van der Waals surface area contributed by atoms with E-state index in [0.717, 1.165) is 44.6 Å². The molecule has 1 heterocycles. The van der Waals surface area contributed by atoms with Gasteiger partial charge < -0.3 is 20.2 Å². The van der Waals surface area contributed by atoms with Crippen LogP contribution in [0.1, 0.15) is 93.1 Å². The van der Waals surface area contributed by atoms with E-state index in [2.05, 4.69) is 63.5 Å². The molecule has 1 fully saturated rings. The van der Waals surface area contributed by atoms with Crippen molar-refractivity contribution in [2.45, 2.75) is 77.4 Å². The number of benzene rings is 2. The van der Waals surface area contributed by atoms with Crippen molar-refractivity contribution in [3.63, 3.8) is 0 Å². The van der Waals surface area contributed by atoms with Crippen LogP contribution < -0.4 is 4.90 Å². The van der Waals surface area contributed by atoms with Crippen LogP contribution in [0.25, 0.3) is 6.08 Å². The molecule has 1 aliphatic heterocycles. The first-order valence-corrected chi connectivity index (χ1v) is 13.4. The Labute approximate surface area is 221 Å². The lowest BCUT2D eigenvalue weighted by Crippen LogP contribution is -2.50. The number of anilines is 1. The van der Waals surface area contributed by atoms with Crippen molar-refractivity contribution in [3.8, 4) is 5.75 Å². The fraction of sp³-hybridized carbons (Fsp3) is 0.516. The third-order valence-corrected chi connectivity index (χ3v) is 8.37. The maximum atomic E-state index is 11.3. The fourth-order valence-corrected chi connectivity index (χ4v) is 5.82. The highest BCUT2D eigenvalue weighted by atomic mass is 16.4. The van der Waals surface area contributed by atoms with Crippen molar-refractivity contribution in [3.05, 3.63) is 64.2 Å². The van der Waals surface area contributed by atoms with Gasteiger partial charge in [-0.2, -0.15) is 0 Å². The third-order valence-electron chi connectivity index (χ3n) is 8.37. The zero-order valence-electron chi connectivity index (χ0n) is 23.1. The number of aliphatic hydroxyl groups is 1. The van der Waals surface area contributed by atoms with Gasteiger partial charge in [0.2, 0.25) is 0 Å². The number of rotatable bonds is 6. The van der Waals surface area contributed by atoms with Crippen LogP contribution in [0.15, 0.2) is 36.4 Å². The summed E-state index contributed by atoms with van der Waals surface area (Å²) < 4.78 is 0. The maximum absolute atomic E-state index is 11.3. The van der Waals surface area contributed by atoms with Crippen LogP contribution in [-0.4, -0.2) is 58.4 Å². The number of nitrogens with zero attached hydrogens (tertiary/aromatic N) is 2. The van der Waals surface area contributed by atoms with Crippen molar-refractivity contribution in [2.75, 3.05) is 31.1 Å². The van der Waals surface area contributed by atoms with Crippen LogP contribution in [0.3, 0.4) is 0 Å². The summed E-state index contributed by atoms with van der Waals surface area (Å²) >= 11 is 0. The van der Waals surface area contributed by atoms with Crippen molar-refractivity contribution in [2.24, 2.45) is 0 Å². The van der Waals surface area contributed by atoms with Gasteiger partial charge in [-0.3, -0.25) is 4.90 Å². The van der Waals surface area contributed by atoms with Crippen molar-refractivity contribution in [1.29, 1.82) is 0 Å². The molecule has 6 heteroatoms. The quantitative estimate of drug-likeness (QED) is 0.465. The number of phenols is 1. The summed E-state index contributed by atoms with van der Waals surface area (Å²) in [5, 5.41) is 30.4. The molecule has 6 nitrogen and oxygen atoms in total. The minimum atomic E-state index is -1.17. The Bertz CT molecular complexity index is 1190. The molecule has 1 unspecified atom stereocenters. The van der Waals surface area contributed by atoms with Crippen LogP contribution in [0.2, 0.25) is 0 Å². The van der Waals surface area contributed by atoms with Crippen molar-refractivity contribution < 1.29 is 20.1 Å². The first-order chi connectivity index (χ1) is 17.3. The number of hydrogen-bond donors (Lipinski definition) is 3. The van der Waals surface area contributed by atoms with E-state index in [1.807, 2.05) is 0 Å². The van der Waals surface area contributed by atoms with E-state index in [9.17, 15) is 15.0 Å². The van der Waals surface area contributed by atoms with Crippen LogP contribution in [0, 0.1) is 0 Å². The summed E-state index contributed by atoms with van der Waals surface area (Å²) in [6, 6.07) is 9.31. The molecule has 2 aliphatic rings. The monoisotopic (exact) mass is 506 g/mol. The van der Waals surface area contributed by atoms with Gasteiger partial charge in [-0.15, -0.1) is 0 Å². The standard InChI is InChI=1S/C31H42N2O4/c1-20(2)32-13-15-33(16-14-32)25-19-22(18-24-28(25)31(5,6)12-11-30(24,3)4)26(34)10-8-21-7-9-23(29(36)37)27(35)17-21/h7-10,17-20,26,34-35H,11-16H2,1-6H3,(H,36,37). The number of carbonyl (C=O) groups is 1. The van der Waals surface area contributed by atoms with Gasteiger partial charge in [0.25, 0.3) is 0 Å². The van der Waals surface area contributed by atoms with E-state index >= 15 is 0 Å². The maximum Gasteiger partial charge on any atom is 0.339 e. The normalized spacial score (nSPS) is 20.3. The SMILES string of the molecule is CC(C)N1CCN(c2cc(C(O)C=Cc3ccc(C(=O)O)c(O)c3)cc3c2C(C)(C)CCC3(C)C)CC1. The van der Waals surface area contributed by atoms with E-state index in [1.54, 1.807) is 18.2 Å². The topological polar surface area (TPSA) is 84.2 Å². The molecule has 200 valence electrons. The highest BCUT2D eigenvalue weighted by molar-refractivity contribution is 5.91. The average Bonchev–Trinajstić information content (AvgIpc) is 2.84. The van der Waals surface area contributed by atoms with Gasteiger partial charge in [0.1, 0.15) is 11.3 Å². The summed E-state index contributed by atoms with van der Waals surface area (Å²) in [6.07, 6.45) is 4.83. The first-order valence-electron chi connectivity index (χ1n) is 13.4. The van der Waals surface area contributed by atoms with Crippen LogP contribution in [-0.2, 0) is 10.8 Å². The lowest BCUT2D eigenvalue weighted by Gasteiger charge is -2.46. The molecule has 1 aliphatic carbocycles. The Morgan fingerprint density at radius 1 is 0.973 bits per heavy atom. The van der Waals surface area contributed by atoms with Crippen LogP contribution >= 0.6 is 0 Å². The number of fused-ring (bicyclic) bond motifs is 1. The van der Waals surface area contributed by atoms with Gasteiger partial charge in [0.05, 0.1) is 6.10 Å². The summed E-state index contributed by atoms with van der Waals surface area (Å²) in [5.41, 5.74) is 5.38. The number of aromatic hydroxyl groups is 1. The number of aliphatic hydroxyl groups excluding tert-OH is 1. The molecule has 2 aromatic rings. The Morgan fingerprint density at radius 3 is 2.22 bits per heavy atom. The highest BCUT2D eigenvalue weighted by Gasteiger charge is 2.40. The Hall–Kier alpha value is -2.83. The minimum Gasteiger partial charge on any atom is -0.507 e. The molecule has 1 atom stereocenters. The molecule has 0 amide bonds. The molecule has 0 saturated carbocycles. The highest BCUT2D eigenvalue weighted by Crippen LogP contribution is 2.50. The van der Waals surface area contributed by atoms with E-state index < -0.39 is 12.1 Å². The Morgan fingerprint density at radius 2 is 1.62 bits per heavy atom. The number of carboxylic acids is 1. The summed E-state index contributed by atoms with van der Waals surface area (Å²) in [5.74, 6) is -1.46. The predicted molar refractivity (Wildman–Crippen MR) is 150 cm³/mol. The molecule has 4 rings (SSSR count). The van der Waals surface area contributed by atoms with Crippen molar-refractivity contribution in [1.82, 2.24) is 4.90 Å². The number of piperazine rings is 1. The number of hydrogen-bond acceptors (Lipinski definition) is 5. The smallest absolute Gasteiger partial charge is 0.339 e. The van der Waals surface area contributed by atoms with Gasteiger partial charge in [0.15, 0.2) is 0 Å². The molecule has 2 aromatic carbocycles. The fourth-order valence-electron chi connectivity index (χ4n) is 5.82. The first kappa shape index (κ1) is 27.2. The van der Waals surface area contributed by atoms with Gasteiger partial charge >= 0.3 is 5.97 Å². The zero-order valence-corrected chi connectivity index (χ0v) is 23.1. The molecule has 37 heavy (non-hydrogen) atoms. The molecular weight excluding hydrogens is 464 g/mol. The second kappa shape index (κ2) is 10.1. The van der Waals surface area contributed by atoms with Crippen LogP contribution in [0.4, 0.5) is 5.69 Å². The third kappa shape index (κ3) is 5.55. The Balaban J connectivity index is 1.72. The van der Waals surface area contributed by atoms with E-state index in [4.69, 9.17) is 5.11 Å². The molecule has 1 saturated heterocycles. The molecule has 0 bridgehead atoms. The molecular formula is C31H42N2O4. The predicted octanol–water partition coefficient (Wildman–Crippen LogP) is 5.72. The van der Waals surface area contributed by atoms with E-state index in [0.29, 0.717) is 11.6 Å². The Kier molecular flexibility index (Phi) is 7.46. The van der Waals surface area contributed by atoms with E-state index in [1.165, 1.54) is 28.9 Å². The molecule has 0 spiro atoms. The second-order valence-electron chi connectivity index (χ2n) is 12.2. The molecule has 3 N–H and O–H groups in total. The van der Waals surface area contributed by atoms with Gasteiger partial charge in [-0.1, -0.05) is 52.0 Å². The molecule has 0 aromatic heterocycles. The van der Waals surface area contributed by atoms with Gasteiger partial charge in [0, 0.05) is 37.9 Å². The van der Waals surface area contributed by atoms with Gasteiger partial charge in [-0.25, -0.2) is 4.79 Å². The summed E-state index contributed by atoms with van der Waals surface area (Å²) in [7, 11) is 0. The minimum absolute atomic E-state index is 0.0112. The summed E-state index contributed by atoms with van der Waals surface area (Å²) in [4.78, 5) is 16.2. The van der Waals surface area contributed by atoms with Gasteiger partial charge in [-0.05, 0) is 78.0 Å². The van der Waals surface area contributed by atoms with E-state index in [-0.39, 0.29) is 22.1 Å². The van der Waals surface area contributed by atoms with Crippen LogP contribution in [0.5, 0.6) is 5.75 Å². The summed E-state index contributed by atoms with van der Waals surface area (Å²) in [6.45, 7) is 17.8. The van der Waals surface area contributed by atoms with Crippen molar-refractivity contribution >= 4 is 17.7 Å². The number of aromatic carboxylic acids is 1. The average molecular weight is 507 g/mol. The second-order valence-corrected chi connectivity index (χ2v) is 12.2. The zero-order chi connectivity index (χ0) is 27.1.